The minimum Gasteiger partial charge on any atom is -0.250 e. The van der Waals surface area contributed by atoms with Gasteiger partial charge in [-0.15, -0.1) is 12.6 Å². The number of aryl methyl sites for hydroxylation is 1. The van der Waals surface area contributed by atoms with E-state index in [1.54, 1.807) is 0 Å². The fraction of sp³-hybridized carbons (Fsp3) is 0.357. The van der Waals surface area contributed by atoms with Gasteiger partial charge in [-0.2, -0.15) is 0 Å². The highest BCUT2D eigenvalue weighted by atomic mass is 32.1. The van der Waals surface area contributed by atoms with Crippen molar-refractivity contribution in [2.24, 2.45) is 10.4 Å². The molecule has 1 rings (SSSR count). The Bertz CT molecular complexity index is 456. The van der Waals surface area contributed by atoms with Crippen LogP contribution in [0.25, 0.3) is 0 Å². The van der Waals surface area contributed by atoms with Crippen molar-refractivity contribution in [3.05, 3.63) is 29.3 Å². The van der Waals surface area contributed by atoms with Crippen LogP contribution in [0, 0.1) is 24.2 Å². The number of rotatable bonds is 1. The van der Waals surface area contributed by atoms with Crippen LogP contribution in [0.1, 0.15) is 31.9 Å². The molecule has 0 aromatic heterocycles. The number of nitrogens with zero attached hydrogens (tertiary/aromatic N) is 1. The molecule has 0 aliphatic rings. The van der Waals surface area contributed by atoms with Crippen LogP contribution in [0.2, 0.25) is 0 Å². The van der Waals surface area contributed by atoms with Crippen LogP contribution < -0.4 is 0 Å². The SMILES string of the molecule is Cc1cc(N=CS)ccc1C#CC(C)(C)C. The standard InChI is InChI=1S/C14H17NS/c1-11-9-13(15-10-16)6-5-12(11)7-8-14(2,3)4/h5-6,9-10H,1-4H3,(H,15,16). The Hall–Kier alpha value is -1.20. The summed E-state index contributed by atoms with van der Waals surface area (Å²) in [4.78, 5) is 4.11. The van der Waals surface area contributed by atoms with E-state index in [1.165, 1.54) is 5.55 Å². The molecule has 0 radical (unpaired) electrons. The van der Waals surface area contributed by atoms with Crippen molar-refractivity contribution in [1.29, 1.82) is 0 Å². The molecule has 0 heterocycles. The summed E-state index contributed by atoms with van der Waals surface area (Å²) < 4.78 is 0. The van der Waals surface area contributed by atoms with Crippen LogP contribution in [0.3, 0.4) is 0 Å². The maximum Gasteiger partial charge on any atom is 0.0639 e. The van der Waals surface area contributed by atoms with E-state index in [9.17, 15) is 0 Å². The molecule has 16 heavy (non-hydrogen) atoms. The van der Waals surface area contributed by atoms with Crippen molar-refractivity contribution in [3.63, 3.8) is 0 Å². The van der Waals surface area contributed by atoms with Gasteiger partial charge < -0.3 is 0 Å². The Morgan fingerprint density at radius 3 is 2.50 bits per heavy atom. The number of hydrogen-bond donors (Lipinski definition) is 1. The summed E-state index contributed by atoms with van der Waals surface area (Å²) >= 11 is 3.95. The van der Waals surface area contributed by atoms with Gasteiger partial charge in [0.15, 0.2) is 0 Å². The molecule has 0 atom stereocenters. The molecule has 84 valence electrons. The van der Waals surface area contributed by atoms with Crippen molar-refractivity contribution < 1.29 is 0 Å². The molecule has 0 N–H and O–H groups in total. The van der Waals surface area contributed by atoms with E-state index in [0.717, 1.165) is 16.8 Å². The summed E-state index contributed by atoms with van der Waals surface area (Å²) in [5.41, 5.74) is 4.65. The van der Waals surface area contributed by atoms with E-state index in [4.69, 9.17) is 0 Å². The van der Waals surface area contributed by atoms with Gasteiger partial charge >= 0.3 is 0 Å². The minimum absolute atomic E-state index is 0.0361. The van der Waals surface area contributed by atoms with Gasteiger partial charge in [0.2, 0.25) is 0 Å². The number of thiol groups is 1. The second kappa shape index (κ2) is 5.23. The van der Waals surface area contributed by atoms with Crippen molar-refractivity contribution in [2.75, 3.05) is 0 Å². The first kappa shape index (κ1) is 12.9. The summed E-state index contributed by atoms with van der Waals surface area (Å²) in [6, 6.07) is 5.97. The Morgan fingerprint density at radius 2 is 2.00 bits per heavy atom. The van der Waals surface area contributed by atoms with Gasteiger partial charge in [0, 0.05) is 11.0 Å². The summed E-state index contributed by atoms with van der Waals surface area (Å²) in [5, 5.41) is 0. The van der Waals surface area contributed by atoms with Gasteiger partial charge in [-0.25, -0.2) is 0 Å². The lowest BCUT2D eigenvalue weighted by Gasteiger charge is -2.07. The molecule has 0 spiro atoms. The fourth-order valence-electron chi connectivity index (χ4n) is 1.19. The van der Waals surface area contributed by atoms with Gasteiger partial charge in [-0.3, -0.25) is 4.99 Å². The molecule has 0 saturated carbocycles. The first-order valence-electron chi connectivity index (χ1n) is 5.23. The van der Waals surface area contributed by atoms with Crippen molar-refractivity contribution in [3.8, 4) is 11.8 Å². The molecule has 2 heteroatoms. The molecule has 0 bridgehead atoms. The third-order valence-electron chi connectivity index (χ3n) is 1.99. The number of hydrogen-bond acceptors (Lipinski definition) is 1. The number of aliphatic imine (C=N–C) groups is 1. The third-order valence-corrected chi connectivity index (χ3v) is 2.10. The van der Waals surface area contributed by atoms with Crippen LogP contribution in [0.15, 0.2) is 23.2 Å². The average Bonchev–Trinajstić information content (AvgIpc) is 2.15. The molecule has 0 unspecified atom stereocenters. The monoisotopic (exact) mass is 231 g/mol. The Balaban J connectivity index is 3.03. The first-order valence-corrected chi connectivity index (χ1v) is 5.74. The highest BCUT2D eigenvalue weighted by molar-refractivity contribution is 7.94. The Kier molecular flexibility index (Phi) is 4.20. The normalized spacial score (nSPS) is 11.3. The van der Waals surface area contributed by atoms with Gasteiger partial charge in [0.05, 0.1) is 11.2 Å². The van der Waals surface area contributed by atoms with E-state index < -0.39 is 0 Å². The predicted octanol–water partition coefficient (Wildman–Crippen LogP) is 3.98. The molecule has 0 saturated heterocycles. The van der Waals surface area contributed by atoms with E-state index in [2.05, 4.69) is 50.2 Å². The van der Waals surface area contributed by atoms with Crippen molar-refractivity contribution >= 4 is 23.9 Å². The molecule has 1 aromatic rings. The zero-order valence-corrected chi connectivity index (χ0v) is 11.1. The Labute approximate surface area is 103 Å². The molecule has 0 aliphatic carbocycles. The van der Waals surface area contributed by atoms with Crippen molar-refractivity contribution in [2.45, 2.75) is 27.7 Å². The van der Waals surface area contributed by atoms with E-state index in [1.807, 2.05) is 25.1 Å². The first-order chi connectivity index (χ1) is 7.42. The second-order valence-corrected chi connectivity index (χ2v) is 4.97. The minimum atomic E-state index is 0.0361. The van der Waals surface area contributed by atoms with Crippen LogP contribution in [0.4, 0.5) is 5.69 Å². The quantitative estimate of drug-likeness (QED) is 0.325. The maximum atomic E-state index is 4.11. The predicted molar refractivity (Wildman–Crippen MR) is 74.7 cm³/mol. The molecule has 0 fully saturated rings. The van der Waals surface area contributed by atoms with E-state index in [0.29, 0.717) is 0 Å². The summed E-state index contributed by atoms with van der Waals surface area (Å²) in [5.74, 6) is 6.43. The van der Waals surface area contributed by atoms with Crippen LogP contribution >= 0.6 is 12.6 Å². The molecule has 1 nitrogen and oxygen atoms in total. The zero-order chi connectivity index (χ0) is 12.2. The molecule has 0 aliphatic heterocycles. The lowest BCUT2D eigenvalue weighted by atomic mass is 9.97. The van der Waals surface area contributed by atoms with Crippen LogP contribution in [-0.2, 0) is 0 Å². The zero-order valence-electron chi connectivity index (χ0n) is 10.2. The summed E-state index contributed by atoms with van der Waals surface area (Å²) in [6.45, 7) is 8.36. The lowest BCUT2D eigenvalue weighted by Crippen LogP contribution is -1.99. The van der Waals surface area contributed by atoms with E-state index >= 15 is 0 Å². The topological polar surface area (TPSA) is 12.4 Å². The molecule has 1 aromatic carbocycles. The largest absolute Gasteiger partial charge is 0.250 e. The molecule has 0 amide bonds. The van der Waals surface area contributed by atoms with E-state index in [-0.39, 0.29) is 5.41 Å². The fourth-order valence-corrected chi connectivity index (χ4v) is 1.32. The van der Waals surface area contributed by atoms with Gasteiger partial charge in [0.25, 0.3) is 0 Å². The maximum absolute atomic E-state index is 4.11. The summed E-state index contributed by atoms with van der Waals surface area (Å²) in [6.07, 6.45) is 0. The lowest BCUT2D eigenvalue weighted by molar-refractivity contribution is 0.571. The summed E-state index contributed by atoms with van der Waals surface area (Å²) in [7, 11) is 0. The smallest absolute Gasteiger partial charge is 0.0639 e. The Morgan fingerprint density at radius 1 is 1.31 bits per heavy atom. The van der Waals surface area contributed by atoms with Gasteiger partial charge in [-0.05, 0) is 51.5 Å². The van der Waals surface area contributed by atoms with Gasteiger partial charge in [-0.1, -0.05) is 11.8 Å². The number of benzene rings is 1. The van der Waals surface area contributed by atoms with Crippen LogP contribution in [0.5, 0.6) is 0 Å². The van der Waals surface area contributed by atoms with Crippen molar-refractivity contribution in [1.82, 2.24) is 0 Å². The van der Waals surface area contributed by atoms with Crippen LogP contribution in [-0.4, -0.2) is 5.55 Å². The molecular weight excluding hydrogens is 214 g/mol. The highest BCUT2D eigenvalue weighted by Gasteiger charge is 2.04. The highest BCUT2D eigenvalue weighted by Crippen LogP contribution is 2.18. The second-order valence-electron chi connectivity index (χ2n) is 4.74. The third kappa shape index (κ3) is 4.12. The molecular formula is C14H17NS. The van der Waals surface area contributed by atoms with Gasteiger partial charge in [0.1, 0.15) is 0 Å². The average molecular weight is 231 g/mol.